The third-order valence-corrected chi connectivity index (χ3v) is 2.03. The van der Waals surface area contributed by atoms with Crippen molar-refractivity contribution in [3.8, 4) is 0 Å². The fraction of sp³-hybridized carbons (Fsp3) is 0.182. The molecule has 68 valence electrons. The van der Waals surface area contributed by atoms with Crippen molar-refractivity contribution in [3.63, 3.8) is 0 Å². The van der Waals surface area contributed by atoms with E-state index in [-0.39, 0.29) is 0 Å². The van der Waals surface area contributed by atoms with Gasteiger partial charge in [0.05, 0.1) is 0 Å². The molecule has 0 amide bonds. The molecule has 0 bridgehead atoms. The van der Waals surface area contributed by atoms with Crippen LogP contribution in [0, 0.1) is 19.3 Å². The van der Waals surface area contributed by atoms with Gasteiger partial charge in [0.1, 0.15) is 0 Å². The lowest BCUT2D eigenvalue weighted by atomic mass is 10.0. The first-order valence-corrected chi connectivity index (χ1v) is 4.19. The Labute approximate surface area is 78.6 Å². The molecule has 1 rings (SSSR count). The van der Waals surface area contributed by atoms with Crippen molar-refractivity contribution < 1.29 is 0 Å². The van der Waals surface area contributed by atoms with E-state index in [2.05, 4.69) is 0 Å². The van der Waals surface area contributed by atoms with Gasteiger partial charge in [0, 0.05) is 17.5 Å². The number of rotatable bonds is 2. The third kappa shape index (κ3) is 1.96. The van der Waals surface area contributed by atoms with Crippen LogP contribution in [0.25, 0.3) is 5.70 Å². The van der Waals surface area contributed by atoms with Crippen LogP contribution in [0.1, 0.15) is 16.7 Å². The van der Waals surface area contributed by atoms with E-state index in [9.17, 15) is 0 Å². The maximum absolute atomic E-state index is 6.94. The molecule has 0 aromatic heterocycles. The highest BCUT2D eigenvalue weighted by atomic mass is 14.6. The lowest BCUT2D eigenvalue weighted by Crippen LogP contribution is -2.01. The highest BCUT2D eigenvalue weighted by molar-refractivity contribution is 5.83. The summed E-state index contributed by atoms with van der Waals surface area (Å²) in [6.45, 7) is 4.04. The molecule has 0 saturated carbocycles. The lowest BCUT2D eigenvalue weighted by molar-refractivity contribution is 1.32. The van der Waals surface area contributed by atoms with Gasteiger partial charge in [-0.15, -0.1) is 0 Å². The molecule has 0 atom stereocenters. The van der Waals surface area contributed by atoms with Crippen molar-refractivity contribution >= 4 is 11.9 Å². The predicted octanol–water partition coefficient (Wildman–Crippen LogP) is 2.25. The fourth-order valence-electron chi connectivity index (χ4n) is 1.44. The number of benzene rings is 1. The summed E-state index contributed by atoms with van der Waals surface area (Å²) in [4.78, 5) is 0. The molecule has 0 aliphatic rings. The minimum Gasteiger partial charge on any atom is -0.398 e. The molecule has 13 heavy (non-hydrogen) atoms. The van der Waals surface area contributed by atoms with E-state index in [0.29, 0.717) is 5.70 Å². The molecule has 0 aliphatic heterocycles. The molecular formula is C11H14N2. The van der Waals surface area contributed by atoms with E-state index in [1.807, 2.05) is 32.0 Å². The van der Waals surface area contributed by atoms with Crippen LogP contribution in [0.15, 0.2) is 24.3 Å². The Kier molecular flexibility index (Phi) is 2.85. The second-order valence-corrected chi connectivity index (χ2v) is 3.06. The summed E-state index contributed by atoms with van der Waals surface area (Å²) in [5.41, 5.74) is 9.82. The summed E-state index contributed by atoms with van der Waals surface area (Å²) in [6, 6.07) is 6.05. The molecule has 1 aromatic carbocycles. The SMILES string of the molecule is Cc1cccc(C)c1/C(N)=C/C=N. The summed E-state index contributed by atoms with van der Waals surface area (Å²) in [6.07, 6.45) is 2.82. The van der Waals surface area contributed by atoms with Crippen molar-refractivity contribution in [2.24, 2.45) is 5.73 Å². The first kappa shape index (κ1) is 9.52. The molecule has 3 N–H and O–H groups in total. The number of aryl methyl sites for hydroxylation is 2. The predicted molar refractivity (Wildman–Crippen MR) is 56.9 cm³/mol. The number of allylic oxidation sites excluding steroid dienone is 1. The van der Waals surface area contributed by atoms with Crippen LogP contribution in [-0.4, -0.2) is 6.21 Å². The summed E-state index contributed by atoms with van der Waals surface area (Å²) < 4.78 is 0. The van der Waals surface area contributed by atoms with Crippen molar-refractivity contribution in [2.75, 3.05) is 0 Å². The standard InChI is InChI=1S/C11H14N2/c1-8-4-3-5-9(2)11(8)10(13)6-7-12/h3-7,12H,13H2,1-2H3/b10-6-,12-7?. The molecule has 0 saturated heterocycles. The van der Waals surface area contributed by atoms with Crippen molar-refractivity contribution in [3.05, 3.63) is 41.0 Å². The molecule has 0 heterocycles. The summed E-state index contributed by atoms with van der Waals surface area (Å²) in [7, 11) is 0. The smallest absolute Gasteiger partial charge is 0.0408 e. The van der Waals surface area contributed by atoms with Gasteiger partial charge >= 0.3 is 0 Å². The van der Waals surface area contributed by atoms with E-state index in [0.717, 1.165) is 16.7 Å². The van der Waals surface area contributed by atoms with Gasteiger partial charge in [-0.25, -0.2) is 0 Å². The molecule has 2 heteroatoms. The van der Waals surface area contributed by atoms with Crippen LogP contribution < -0.4 is 5.73 Å². The molecule has 0 aliphatic carbocycles. The fourth-order valence-corrected chi connectivity index (χ4v) is 1.44. The van der Waals surface area contributed by atoms with Gasteiger partial charge in [0.25, 0.3) is 0 Å². The number of nitrogens with one attached hydrogen (secondary N) is 1. The van der Waals surface area contributed by atoms with Gasteiger partial charge in [-0.2, -0.15) is 0 Å². The average Bonchev–Trinajstić information content (AvgIpc) is 2.04. The van der Waals surface area contributed by atoms with E-state index in [1.165, 1.54) is 6.21 Å². The highest BCUT2D eigenvalue weighted by Gasteiger charge is 2.03. The highest BCUT2D eigenvalue weighted by Crippen LogP contribution is 2.18. The largest absolute Gasteiger partial charge is 0.398 e. The van der Waals surface area contributed by atoms with Crippen LogP contribution in [0.4, 0.5) is 0 Å². The van der Waals surface area contributed by atoms with E-state index in [4.69, 9.17) is 11.1 Å². The van der Waals surface area contributed by atoms with Crippen molar-refractivity contribution in [1.82, 2.24) is 0 Å². The van der Waals surface area contributed by atoms with Crippen molar-refractivity contribution in [2.45, 2.75) is 13.8 Å². The zero-order valence-electron chi connectivity index (χ0n) is 7.96. The Bertz CT molecular complexity index is 331. The molecule has 1 aromatic rings. The van der Waals surface area contributed by atoms with E-state index >= 15 is 0 Å². The number of nitrogens with two attached hydrogens (primary N) is 1. The average molecular weight is 174 g/mol. The summed E-state index contributed by atoms with van der Waals surface area (Å²) >= 11 is 0. The van der Waals surface area contributed by atoms with Gasteiger partial charge in [0.15, 0.2) is 0 Å². The first-order valence-electron chi connectivity index (χ1n) is 4.19. The Morgan fingerprint density at radius 3 is 2.31 bits per heavy atom. The summed E-state index contributed by atoms with van der Waals surface area (Å²) in [5, 5.41) is 6.94. The van der Waals surface area contributed by atoms with Crippen LogP contribution in [0.5, 0.6) is 0 Å². The second-order valence-electron chi connectivity index (χ2n) is 3.06. The minimum atomic E-state index is 0.658. The minimum absolute atomic E-state index is 0.658. The van der Waals surface area contributed by atoms with Crippen LogP contribution in [0.2, 0.25) is 0 Å². The Morgan fingerprint density at radius 2 is 1.85 bits per heavy atom. The quantitative estimate of drug-likeness (QED) is 0.664. The van der Waals surface area contributed by atoms with Gasteiger partial charge in [-0.1, -0.05) is 18.2 Å². The lowest BCUT2D eigenvalue weighted by Gasteiger charge is -2.08. The van der Waals surface area contributed by atoms with Crippen LogP contribution in [-0.2, 0) is 0 Å². The molecule has 2 nitrogen and oxygen atoms in total. The van der Waals surface area contributed by atoms with E-state index in [1.54, 1.807) is 6.08 Å². The topological polar surface area (TPSA) is 49.9 Å². The molecule has 0 fully saturated rings. The molecular weight excluding hydrogens is 160 g/mol. The van der Waals surface area contributed by atoms with Gasteiger partial charge < -0.3 is 11.1 Å². The zero-order chi connectivity index (χ0) is 9.84. The Balaban J connectivity index is 3.27. The zero-order valence-corrected chi connectivity index (χ0v) is 7.96. The van der Waals surface area contributed by atoms with Crippen LogP contribution in [0.3, 0.4) is 0 Å². The molecule has 0 unspecified atom stereocenters. The number of hydrogen-bond donors (Lipinski definition) is 2. The normalized spacial score (nSPS) is 11.4. The first-order chi connectivity index (χ1) is 6.16. The second kappa shape index (κ2) is 3.90. The summed E-state index contributed by atoms with van der Waals surface area (Å²) in [5.74, 6) is 0. The molecule has 0 radical (unpaired) electrons. The number of hydrogen-bond acceptors (Lipinski definition) is 2. The maximum Gasteiger partial charge on any atom is 0.0408 e. The Hall–Kier alpha value is -1.57. The van der Waals surface area contributed by atoms with Gasteiger partial charge in [-0.3, -0.25) is 0 Å². The molecule has 0 spiro atoms. The van der Waals surface area contributed by atoms with Gasteiger partial charge in [-0.05, 0) is 31.1 Å². The van der Waals surface area contributed by atoms with Crippen molar-refractivity contribution in [1.29, 1.82) is 5.41 Å². The van der Waals surface area contributed by atoms with Gasteiger partial charge in [0.2, 0.25) is 0 Å². The van der Waals surface area contributed by atoms with E-state index < -0.39 is 0 Å². The third-order valence-electron chi connectivity index (χ3n) is 2.03. The van der Waals surface area contributed by atoms with Crippen LogP contribution >= 0.6 is 0 Å². The Morgan fingerprint density at radius 1 is 1.31 bits per heavy atom. The maximum atomic E-state index is 6.94. The monoisotopic (exact) mass is 174 g/mol.